The van der Waals surface area contributed by atoms with Crippen LogP contribution in [0.5, 0.6) is 0 Å². The first-order chi connectivity index (χ1) is 13.2. The van der Waals surface area contributed by atoms with E-state index in [4.69, 9.17) is 16.6 Å². The molecule has 7 heteroatoms. The molecule has 0 bridgehead atoms. The molecule has 0 amide bonds. The highest BCUT2D eigenvalue weighted by atomic mass is 35.5. The first kappa shape index (κ1) is 18.1. The van der Waals surface area contributed by atoms with E-state index in [0.717, 1.165) is 73.9 Å². The van der Waals surface area contributed by atoms with Crippen LogP contribution in [0.25, 0.3) is 11.4 Å². The van der Waals surface area contributed by atoms with Crippen LogP contribution in [0.3, 0.4) is 0 Å². The topological polar surface area (TPSA) is 70.6 Å². The van der Waals surface area contributed by atoms with Gasteiger partial charge >= 0.3 is 0 Å². The fourth-order valence-corrected chi connectivity index (χ4v) is 3.58. The van der Waals surface area contributed by atoms with E-state index in [2.05, 4.69) is 31.8 Å². The van der Waals surface area contributed by atoms with Crippen LogP contribution in [0, 0.1) is 0 Å². The number of aromatic nitrogens is 5. The number of nitrogens with zero attached hydrogens (tertiary/aromatic N) is 5. The van der Waals surface area contributed by atoms with Crippen LogP contribution in [-0.2, 0) is 25.9 Å². The summed E-state index contributed by atoms with van der Waals surface area (Å²) in [5.41, 5.74) is 4.25. The fraction of sp³-hybridized carbons (Fsp3) is 0.400. The molecular formula is C20H23ClN6. The molecule has 1 aliphatic rings. The molecule has 0 saturated heterocycles. The molecule has 0 radical (unpaired) electrons. The number of pyridine rings is 1. The molecule has 27 heavy (non-hydrogen) atoms. The lowest BCUT2D eigenvalue weighted by Crippen LogP contribution is -2.31. The monoisotopic (exact) mass is 382 g/mol. The van der Waals surface area contributed by atoms with Crippen molar-refractivity contribution in [2.75, 3.05) is 6.54 Å². The van der Waals surface area contributed by atoms with Crippen molar-refractivity contribution in [2.24, 2.45) is 0 Å². The molecule has 0 unspecified atom stereocenters. The van der Waals surface area contributed by atoms with Gasteiger partial charge in [0.05, 0.1) is 11.4 Å². The van der Waals surface area contributed by atoms with Crippen LogP contribution in [-0.4, -0.2) is 36.4 Å². The number of H-pyrrole nitrogens is 1. The molecule has 0 fully saturated rings. The van der Waals surface area contributed by atoms with E-state index in [-0.39, 0.29) is 0 Å². The average Bonchev–Trinajstić information content (AvgIpc) is 3.06. The summed E-state index contributed by atoms with van der Waals surface area (Å²) in [5.74, 6) is 1.73. The number of aryl methyl sites for hydroxylation is 1. The quantitative estimate of drug-likeness (QED) is 0.701. The van der Waals surface area contributed by atoms with E-state index < -0.39 is 0 Å². The molecule has 3 aromatic rings. The van der Waals surface area contributed by atoms with Crippen LogP contribution in [0.1, 0.15) is 42.5 Å². The lowest BCUT2D eigenvalue weighted by molar-refractivity contribution is 0.240. The maximum Gasteiger partial charge on any atom is 0.160 e. The van der Waals surface area contributed by atoms with Gasteiger partial charge in [-0.15, -0.1) is 0 Å². The Hall–Kier alpha value is -2.31. The summed E-state index contributed by atoms with van der Waals surface area (Å²) in [6.07, 6.45) is 9.62. The van der Waals surface area contributed by atoms with Gasteiger partial charge in [0, 0.05) is 62.2 Å². The summed E-state index contributed by atoms with van der Waals surface area (Å²) in [6, 6.07) is 3.89. The highest BCUT2D eigenvalue weighted by molar-refractivity contribution is 6.30. The largest absolute Gasteiger partial charge is 0.344 e. The Morgan fingerprint density at radius 2 is 2.19 bits per heavy atom. The molecule has 0 saturated carbocycles. The number of hydrogen-bond acceptors (Lipinski definition) is 5. The summed E-state index contributed by atoms with van der Waals surface area (Å²) in [5, 5.41) is 0.593. The Morgan fingerprint density at radius 3 is 3.00 bits per heavy atom. The lowest BCUT2D eigenvalue weighted by atomic mass is 10.1. The van der Waals surface area contributed by atoms with Crippen LogP contribution in [0.15, 0.2) is 30.7 Å². The molecule has 4 rings (SSSR count). The molecule has 1 N–H and O–H groups in total. The lowest BCUT2D eigenvalue weighted by Gasteiger charge is -2.27. The Bertz CT molecular complexity index is 908. The number of rotatable bonds is 6. The van der Waals surface area contributed by atoms with Gasteiger partial charge in [-0.3, -0.25) is 9.88 Å². The Morgan fingerprint density at radius 1 is 1.26 bits per heavy atom. The first-order valence-electron chi connectivity index (χ1n) is 9.43. The second-order valence-corrected chi connectivity index (χ2v) is 7.28. The van der Waals surface area contributed by atoms with Gasteiger partial charge in [-0.05, 0) is 18.6 Å². The van der Waals surface area contributed by atoms with Crippen molar-refractivity contribution in [3.05, 3.63) is 58.7 Å². The van der Waals surface area contributed by atoms with E-state index in [1.165, 1.54) is 5.56 Å². The van der Waals surface area contributed by atoms with E-state index in [0.29, 0.717) is 5.15 Å². The first-order valence-corrected chi connectivity index (χ1v) is 9.81. The third kappa shape index (κ3) is 4.17. The third-order valence-electron chi connectivity index (χ3n) is 4.86. The normalized spacial score (nSPS) is 14.3. The molecule has 6 nitrogen and oxygen atoms in total. The molecule has 3 aromatic heterocycles. The summed E-state index contributed by atoms with van der Waals surface area (Å²) in [7, 11) is 0. The zero-order valence-electron chi connectivity index (χ0n) is 15.5. The highest BCUT2D eigenvalue weighted by Gasteiger charge is 2.21. The van der Waals surface area contributed by atoms with Crippen molar-refractivity contribution in [3.8, 4) is 11.4 Å². The number of nitrogens with one attached hydrogen (secondary N) is 1. The molecule has 4 heterocycles. The average molecular weight is 383 g/mol. The van der Waals surface area contributed by atoms with Crippen molar-refractivity contribution in [2.45, 2.75) is 45.7 Å². The van der Waals surface area contributed by atoms with E-state index in [1.807, 2.05) is 18.3 Å². The molecule has 0 aromatic carbocycles. The zero-order valence-corrected chi connectivity index (χ0v) is 16.2. The van der Waals surface area contributed by atoms with Gasteiger partial charge in [0.25, 0.3) is 0 Å². The summed E-state index contributed by atoms with van der Waals surface area (Å²) < 4.78 is 0. The number of unbranched alkanes of at least 4 members (excludes halogenated alkanes) is 1. The minimum atomic E-state index is 0.593. The second kappa shape index (κ2) is 8.15. The van der Waals surface area contributed by atoms with Gasteiger partial charge in [0.1, 0.15) is 5.82 Å². The Labute approximate surface area is 164 Å². The van der Waals surface area contributed by atoms with Crippen LogP contribution in [0.2, 0.25) is 5.15 Å². The number of aromatic amines is 1. The Balaban J connectivity index is 1.45. The second-order valence-electron chi connectivity index (χ2n) is 6.92. The summed E-state index contributed by atoms with van der Waals surface area (Å²) in [4.78, 5) is 23.7. The molecule has 0 atom stereocenters. The van der Waals surface area contributed by atoms with Gasteiger partial charge in [0.2, 0.25) is 0 Å². The molecule has 1 aliphatic heterocycles. The minimum Gasteiger partial charge on any atom is -0.344 e. The van der Waals surface area contributed by atoms with Crippen molar-refractivity contribution < 1.29 is 0 Å². The van der Waals surface area contributed by atoms with Crippen LogP contribution >= 0.6 is 11.6 Å². The predicted octanol–water partition coefficient (Wildman–Crippen LogP) is 3.82. The minimum absolute atomic E-state index is 0.593. The standard InChI is InChI=1S/C20H23ClN6/c1-2-3-6-18-24-17(19(21)26-18)13-27-9-7-16-15(12-27)11-23-20(25-16)14-5-4-8-22-10-14/h4-5,8,10-11H,2-3,6-7,9,12-13H2,1H3,(H,24,26). The Kier molecular flexibility index (Phi) is 5.45. The van der Waals surface area contributed by atoms with E-state index >= 15 is 0 Å². The van der Waals surface area contributed by atoms with E-state index in [1.54, 1.807) is 12.4 Å². The smallest absolute Gasteiger partial charge is 0.160 e. The number of hydrogen-bond donors (Lipinski definition) is 1. The molecule has 140 valence electrons. The van der Waals surface area contributed by atoms with Gasteiger partial charge < -0.3 is 4.98 Å². The van der Waals surface area contributed by atoms with Crippen LogP contribution in [0.4, 0.5) is 0 Å². The van der Waals surface area contributed by atoms with Crippen molar-refractivity contribution in [1.29, 1.82) is 0 Å². The SMILES string of the molecule is CCCCc1nc(Cl)c(CN2CCc3nc(-c4cccnc4)ncc3C2)[nH]1. The molecular weight excluding hydrogens is 360 g/mol. The van der Waals surface area contributed by atoms with Gasteiger partial charge in [-0.2, -0.15) is 0 Å². The zero-order chi connectivity index (χ0) is 18.6. The van der Waals surface area contributed by atoms with Gasteiger partial charge in [0.15, 0.2) is 11.0 Å². The molecule has 0 aliphatic carbocycles. The fourth-order valence-electron chi connectivity index (χ4n) is 3.37. The van der Waals surface area contributed by atoms with Crippen molar-refractivity contribution in [3.63, 3.8) is 0 Å². The van der Waals surface area contributed by atoms with E-state index in [9.17, 15) is 0 Å². The van der Waals surface area contributed by atoms with Crippen molar-refractivity contribution >= 4 is 11.6 Å². The maximum absolute atomic E-state index is 6.33. The van der Waals surface area contributed by atoms with Crippen LogP contribution < -0.4 is 0 Å². The summed E-state index contributed by atoms with van der Waals surface area (Å²) >= 11 is 6.33. The molecule has 0 spiro atoms. The number of fused-ring (bicyclic) bond motifs is 1. The van der Waals surface area contributed by atoms with Gasteiger partial charge in [-0.1, -0.05) is 24.9 Å². The van der Waals surface area contributed by atoms with Gasteiger partial charge in [-0.25, -0.2) is 15.0 Å². The van der Waals surface area contributed by atoms with Crippen molar-refractivity contribution in [1.82, 2.24) is 29.8 Å². The third-order valence-corrected chi connectivity index (χ3v) is 5.17. The summed E-state index contributed by atoms with van der Waals surface area (Å²) in [6.45, 7) is 4.71. The number of imidazole rings is 1. The maximum atomic E-state index is 6.33. The number of halogens is 1. The predicted molar refractivity (Wildman–Crippen MR) is 105 cm³/mol. The highest BCUT2D eigenvalue weighted by Crippen LogP contribution is 2.23.